The molecule has 0 fully saturated rings. The molecule has 17 heavy (non-hydrogen) atoms. The van der Waals surface area contributed by atoms with Crippen LogP contribution >= 0.6 is 0 Å². The molecule has 5 heteroatoms. The molecule has 0 amide bonds. The highest BCUT2D eigenvalue weighted by Gasteiger charge is 2.28. The zero-order chi connectivity index (χ0) is 13.1. The van der Waals surface area contributed by atoms with Crippen molar-refractivity contribution in [3.05, 3.63) is 12.2 Å². The van der Waals surface area contributed by atoms with Gasteiger partial charge >= 0.3 is 0 Å². The minimum atomic E-state index is -0.464. The van der Waals surface area contributed by atoms with E-state index in [0.29, 0.717) is 5.82 Å². The molecule has 5 nitrogen and oxygen atoms in total. The summed E-state index contributed by atoms with van der Waals surface area (Å²) in [5, 5.41) is 4.09. The van der Waals surface area contributed by atoms with Crippen LogP contribution in [0.25, 0.3) is 0 Å². The summed E-state index contributed by atoms with van der Waals surface area (Å²) in [6, 6.07) is -0.464. The van der Waals surface area contributed by atoms with Gasteiger partial charge in [0.15, 0.2) is 5.78 Å². The molecule has 0 saturated carbocycles. The molecule has 96 valence electrons. The van der Waals surface area contributed by atoms with Gasteiger partial charge in [-0.1, -0.05) is 27.7 Å². The summed E-state index contributed by atoms with van der Waals surface area (Å²) in [4.78, 5) is 16.1. The maximum absolute atomic E-state index is 12.0. The maximum atomic E-state index is 12.0. The summed E-state index contributed by atoms with van der Waals surface area (Å²) >= 11 is 0. The molecule has 0 spiro atoms. The predicted octanol–water partition coefficient (Wildman–Crippen LogP) is 1.17. The van der Waals surface area contributed by atoms with Crippen molar-refractivity contribution in [3.63, 3.8) is 0 Å². The minimum absolute atomic E-state index is 0.0165. The van der Waals surface area contributed by atoms with Crippen molar-refractivity contribution in [3.8, 4) is 0 Å². The van der Waals surface area contributed by atoms with Crippen LogP contribution in [-0.2, 0) is 17.8 Å². The van der Waals surface area contributed by atoms with Gasteiger partial charge in [-0.05, 0) is 11.8 Å². The fourth-order valence-corrected chi connectivity index (χ4v) is 1.57. The normalized spacial score (nSPS) is 13.7. The van der Waals surface area contributed by atoms with Crippen LogP contribution in [0, 0.1) is 5.41 Å². The summed E-state index contributed by atoms with van der Waals surface area (Å²) in [6.07, 6.45) is 2.72. The topological polar surface area (TPSA) is 73.8 Å². The van der Waals surface area contributed by atoms with E-state index in [4.69, 9.17) is 5.73 Å². The Hall–Kier alpha value is -1.23. The van der Waals surface area contributed by atoms with Gasteiger partial charge in [0.25, 0.3) is 0 Å². The first kappa shape index (κ1) is 13.8. The Morgan fingerprint density at radius 2 is 2.18 bits per heavy atom. The van der Waals surface area contributed by atoms with E-state index in [1.54, 1.807) is 4.68 Å². The van der Waals surface area contributed by atoms with Gasteiger partial charge in [-0.15, -0.1) is 0 Å². The number of hydrogen-bond donors (Lipinski definition) is 1. The minimum Gasteiger partial charge on any atom is -0.321 e. The van der Waals surface area contributed by atoms with Crippen molar-refractivity contribution < 1.29 is 4.79 Å². The number of nitrogens with two attached hydrogens (primary N) is 1. The first-order chi connectivity index (χ1) is 7.86. The smallest absolute Gasteiger partial charge is 0.157 e. The van der Waals surface area contributed by atoms with Gasteiger partial charge in [-0.2, -0.15) is 5.10 Å². The molecule has 0 aliphatic rings. The van der Waals surface area contributed by atoms with Gasteiger partial charge in [0.05, 0.1) is 12.5 Å². The maximum Gasteiger partial charge on any atom is 0.157 e. The number of aryl methyl sites for hydroxylation is 1. The second-order valence-corrected chi connectivity index (χ2v) is 5.39. The van der Waals surface area contributed by atoms with Crippen LogP contribution in [0.15, 0.2) is 6.33 Å². The first-order valence-corrected chi connectivity index (χ1v) is 6.01. The molecule has 1 aromatic heterocycles. The SMILES string of the molecule is CCCn1ncnc1CC(=O)C(N)C(C)(C)C. The zero-order valence-electron chi connectivity index (χ0n) is 11.1. The van der Waals surface area contributed by atoms with E-state index in [0.717, 1.165) is 13.0 Å². The molecule has 0 radical (unpaired) electrons. The molecule has 1 rings (SSSR count). The lowest BCUT2D eigenvalue weighted by Gasteiger charge is -2.25. The van der Waals surface area contributed by atoms with Crippen molar-refractivity contribution in [2.24, 2.45) is 11.1 Å². The summed E-state index contributed by atoms with van der Waals surface area (Å²) in [6.45, 7) is 8.74. The van der Waals surface area contributed by atoms with Crippen LogP contribution in [0.1, 0.15) is 39.9 Å². The molecule has 2 N–H and O–H groups in total. The van der Waals surface area contributed by atoms with Crippen LogP contribution in [0.2, 0.25) is 0 Å². The Labute approximate surface area is 102 Å². The largest absolute Gasteiger partial charge is 0.321 e. The molecule has 1 heterocycles. The fourth-order valence-electron chi connectivity index (χ4n) is 1.57. The quantitative estimate of drug-likeness (QED) is 0.835. The van der Waals surface area contributed by atoms with E-state index in [2.05, 4.69) is 17.0 Å². The number of ketones is 1. The van der Waals surface area contributed by atoms with Crippen LogP contribution in [0.4, 0.5) is 0 Å². The third-order valence-electron chi connectivity index (χ3n) is 2.74. The molecule has 0 bridgehead atoms. The molecule has 1 aromatic rings. The number of Topliss-reactive ketones (excluding diaryl/α,β-unsaturated/α-hetero) is 1. The van der Waals surface area contributed by atoms with E-state index < -0.39 is 6.04 Å². The molecular weight excluding hydrogens is 216 g/mol. The van der Waals surface area contributed by atoms with E-state index in [1.165, 1.54) is 6.33 Å². The van der Waals surface area contributed by atoms with Gasteiger partial charge in [0.2, 0.25) is 0 Å². The Morgan fingerprint density at radius 3 is 2.71 bits per heavy atom. The van der Waals surface area contributed by atoms with Gasteiger partial charge in [0, 0.05) is 6.54 Å². The summed E-state index contributed by atoms with van der Waals surface area (Å²) < 4.78 is 1.77. The van der Waals surface area contributed by atoms with Crippen molar-refractivity contribution >= 4 is 5.78 Å². The van der Waals surface area contributed by atoms with Crippen LogP contribution in [0.3, 0.4) is 0 Å². The van der Waals surface area contributed by atoms with Crippen molar-refractivity contribution in [2.75, 3.05) is 0 Å². The molecule has 0 aliphatic carbocycles. The third kappa shape index (κ3) is 3.63. The number of hydrogen-bond acceptors (Lipinski definition) is 4. The molecule has 0 aromatic carbocycles. The van der Waals surface area contributed by atoms with E-state index in [1.807, 2.05) is 20.8 Å². The first-order valence-electron chi connectivity index (χ1n) is 6.01. The molecule has 1 unspecified atom stereocenters. The Morgan fingerprint density at radius 1 is 1.53 bits per heavy atom. The van der Waals surface area contributed by atoms with E-state index in [-0.39, 0.29) is 17.6 Å². The van der Waals surface area contributed by atoms with E-state index >= 15 is 0 Å². The Kier molecular flexibility index (Phi) is 4.40. The number of aromatic nitrogens is 3. The van der Waals surface area contributed by atoms with Gasteiger partial charge in [0.1, 0.15) is 12.2 Å². The number of nitrogens with zero attached hydrogens (tertiary/aromatic N) is 3. The molecular formula is C12H22N4O. The Bertz CT molecular complexity index is 378. The average molecular weight is 238 g/mol. The fraction of sp³-hybridized carbons (Fsp3) is 0.750. The van der Waals surface area contributed by atoms with Crippen molar-refractivity contribution in [2.45, 2.75) is 53.1 Å². The highest BCUT2D eigenvalue weighted by Crippen LogP contribution is 2.18. The lowest BCUT2D eigenvalue weighted by Crippen LogP contribution is -2.43. The van der Waals surface area contributed by atoms with Gasteiger partial charge < -0.3 is 5.73 Å². The van der Waals surface area contributed by atoms with Gasteiger partial charge in [-0.25, -0.2) is 9.67 Å². The lowest BCUT2D eigenvalue weighted by molar-refractivity contribution is -0.121. The Balaban J connectivity index is 2.71. The highest BCUT2D eigenvalue weighted by molar-refractivity contribution is 5.86. The molecule has 0 saturated heterocycles. The number of carbonyl (C=O) groups is 1. The highest BCUT2D eigenvalue weighted by atomic mass is 16.1. The summed E-state index contributed by atoms with van der Waals surface area (Å²) in [5.74, 6) is 0.722. The number of rotatable bonds is 5. The van der Waals surface area contributed by atoms with Crippen LogP contribution in [-0.4, -0.2) is 26.6 Å². The summed E-state index contributed by atoms with van der Waals surface area (Å²) in [5.41, 5.74) is 5.71. The van der Waals surface area contributed by atoms with Crippen molar-refractivity contribution in [1.29, 1.82) is 0 Å². The van der Waals surface area contributed by atoms with Gasteiger partial charge in [-0.3, -0.25) is 4.79 Å². The van der Waals surface area contributed by atoms with Crippen LogP contribution in [0.5, 0.6) is 0 Å². The predicted molar refractivity (Wildman–Crippen MR) is 66.5 cm³/mol. The monoisotopic (exact) mass is 238 g/mol. The molecule has 0 aliphatic heterocycles. The second-order valence-electron chi connectivity index (χ2n) is 5.39. The third-order valence-corrected chi connectivity index (χ3v) is 2.74. The lowest BCUT2D eigenvalue weighted by atomic mass is 9.84. The second kappa shape index (κ2) is 5.40. The van der Waals surface area contributed by atoms with Crippen LogP contribution < -0.4 is 5.73 Å². The standard InChI is InChI=1S/C12H22N4O/c1-5-6-16-10(14-8-15-16)7-9(17)11(13)12(2,3)4/h8,11H,5-7,13H2,1-4H3. The van der Waals surface area contributed by atoms with E-state index in [9.17, 15) is 4.79 Å². The molecule has 1 atom stereocenters. The zero-order valence-corrected chi connectivity index (χ0v) is 11.1. The average Bonchev–Trinajstić information content (AvgIpc) is 2.64. The summed E-state index contributed by atoms with van der Waals surface area (Å²) in [7, 11) is 0. The number of carbonyl (C=O) groups excluding carboxylic acids is 1. The van der Waals surface area contributed by atoms with Crippen molar-refractivity contribution in [1.82, 2.24) is 14.8 Å².